The molecule has 1 aromatic carbocycles. The van der Waals surface area contributed by atoms with E-state index in [1.807, 2.05) is 12.1 Å². The van der Waals surface area contributed by atoms with Crippen LogP contribution in [0, 0.1) is 5.92 Å². The number of hydrogen-bond donors (Lipinski definition) is 2. The Morgan fingerprint density at radius 2 is 1.96 bits per heavy atom. The fourth-order valence-corrected chi connectivity index (χ4v) is 2.97. The first kappa shape index (κ1) is 20.7. The summed E-state index contributed by atoms with van der Waals surface area (Å²) in [4.78, 5) is 4.28. The molecule has 1 aliphatic heterocycles. The second kappa shape index (κ2) is 12.7. The molecule has 26 heavy (non-hydrogen) atoms. The van der Waals surface area contributed by atoms with E-state index in [0.29, 0.717) is 12.5 Å². The number of ether oxygens (including phenoxy) is 3. The van der Waals surface area contributed by atoms with E-state index < -0.39 is 0 Å². The summed E-state index contributed by atoms with van der Waals surface area (Å²) in [6.07, 6.45) is 3.21. The topological polar surface area (TPSA) is 64.1 Å². The van der Waals surface area contributed by atoms with Gasteiger partial charge in [0.25, 0.3) is 0 Å². The van der Waals surface area contributed by atoms with E-state index in [1.165, 1.54) is 11.1 Å². The maximum absolute atomic E-state index is 5.79. The monoisotopic (exact) mass is 363 g/mol. The molecule has 2 N–H and O–H groups in total. The summed E-state index contributed by atoms with van der Waals surface area (Å²) in [7, 11) is 3.51. The number of nitrogens with zero attached hydrogens (tertiary/aromatic N) is 1. The molecule has 146 valence electrons. The van der Waals surface area contributed by atoms with Gasteiger partial charge < -0.3 is 24.8 Å². The molecule has 0 aliphatic carbocycles. The van der Waals surface area contributed by atoms with E-state index in [9.17, 15) is 0 Å². The quantitative estimate of drug-likeness (QED) is 0.379. The smallest absolute Gasteiger partial charge is 0.191 e. The maximum atomic E-state index is 5.79. The molecule has 1 aliphatic rings. The van der Waals surface area contributed by atoms with Crippen LogP contribution in [0.4, 0.5) is 0 Å². The van der Waals surface area contributed by atoms with Crippen molar-refractivity contribution in [1.82, 2.24) is 10.6 Å². The molecule has 0 atom stereocenters. The lowest BCUT2D eigenvalue weighted by atomic mass is 10.0. The second-order valence-corrected chi connectivity index (χ2v) is 6.54. The number of methoxy groups -OCH3 is 1. The van der Waals surface area contributed by atoms with Crippen LogP contribution < -0.4 is 10.6 Å². The van der Waals surface area contributed by atoms with E-state index in [1.54, 1.807) is 14.2 Å². The highest BCUT2D eigenvalue weighted by Crippen LogP contribution is 2.14. The molecule has 1 aromatic rings. The zero-order valence-electron chi connectivity index (χ0n) is 16.1. The molecule has 0 saturated carbocycles. The Morgan fingerprint density at radius 3 is 2.69 bits per heavy atom. The number of guanidine groups is 1. The van der Waals surface area contributed by atoms with Crippen molar-refractivity contribution in [2.45, 2.75) is 32.4 Å². The Bertz CT molecular complexity index is 531. The Labute approximate surface area is 157 Å². The van der Waals surface area contributed by atoms with Crippen molar-refractivity contribution in [1.29, 1.82) is 0 Å². The van der Waals surface area contributed by atoms with Gasteiger partial charge in [0.15, 0.2) is 5.96 Å². The molecule has 0 spiro atoms. The molecule has 1 fully saturated rings. The van der Waals surface area contributed by atoms with Crippen LogP contribution in [0.3, 0.4) is 0 Å². The van der Waals surface area contributed by atoms with Gasteiger partial charge in [-0.25, -0.2) is 0 Å². The fourth-order valence-electron chi connectivity index (χ4n) is 2.97. The van der Waals surface area contributed by atoms with Crippen molar-refractivity contribution in [3.63, 3.8) is 0 Å². The molecule has 6 heteroatoms. The first-order valence-electron chi connectivity index (χ1n) is 9.49. The Morgan fingerprint density at radius 1 is 1.19 bits per heavy atom. The summed E-state index contributed by atoms with van der Waals surface area (Å²) >= 11 is 0. The normalized spacial score (nSPS) is 15.8. The predicted octanol–water partition coefficient (Wildman–Crippen LogP) is 2.33. The van der Waals surface area contributed by atoms with Crippen LogP contribution in [-0.4, -0.2) is 53.1 Å². The summed E-state index contributed by atoms with van der Waals surface area (Å²) in [5.74, 6) is 1.47. The van der Waals surface area contributed by atoms with Crippen LogP contribution in [0.2, 0.25) is 0 Å². The zero-order chi connectivity index (χ0) is 18.5. The van der Waals surface area contributed by atoms with Crippen LogP contribution in [0.25, 0.3) is 0 Å². The first-order chi connectivity index (χ1) is 12.8. The Hall–Kier alpha value is -1.63. The summed E-state index contributed by atoms with van der Waals surface area (Å²) in [6.45, 7) is 5.57. The van der Waals surface area contributed by atoms with Gasteiger partial charge in [-0.3, -0.25) is 4.99 Å². The van der Waals surface area contributed by atoms with Crippen LogP contribution in [-0.2, 0) is 27.4 Å². The van der Waals surface area contributed by atoms with E-state index in [-0.39, 0.29) is 0 Å². The standard InChI is InChI=1S/C20H33N3O3/c1-21-20(23-14-18-6-3-4-7-19(18)16-24-2)22-10-5-11-26-15-17-8-12-25-13-9-17/h3-4,6-7,17H,5,8-16H2,1-2H3,(H2,21,22,23). The van der Waals surface area contributed by atoms with Gasteiger partial charge in [0.1, 0.15) is 0 Å². The third-order valence-corrected chi connectivity index (χ3v) is 4.54. The number of hydrogen-bond acceptors (Lipinski definition) is 4. The fraction of sp³-hybridized carbons (Fsp3) is 0.650. The molecule has 1 saturated heterocycles. The van der Waals surface area contributed by atoms with Crippen LogP contribution in [0.15, 0.2) is 29.3 Å². The van der Waals surface area contributed by atoms with E-state index >= 15 is 0 Å². The SMILES string of the molecule is CN=C(NCCCOCC1CCOCC1)NCc1ccccc1COC. The third-order valence-electron chi connectivity index (χ3n) is 4.54. The molecule has 0 bridgehead atoms. The number of aliphatic imine (C=N–C) groups is 1. The average molecular weight is 364 g/mol. The van der Waals surface area contributed by atoms with Crippen molar-refractivity contribution in [3.05, 3.63) is 35.4 Å². The van der Waals surface area contributed by atoms with Gasteiger partial charge in [-0.2, -0.15) is 0 Å². The highest BCUT2D eigenvalue weighted by molar-refractivity contribution is 5.79. The lowest BCUT2D eigenvalue weighted by Gasteiger charge is -2.21. The van der Waals surface area contributed by atoms with E-state index in [2.05, 4.69) is 27.8 Å². The molecular formula is C20H33N3O3. The van der Waals surface area contributed by atoms with Gasteiger partial charge in [0.2, 0.25) is 0 Å². The summed E-state index contributed by atoms with van der Waals surface area (Å²) in [5.41, 5.74) is 2.41. The summed E-state index contributed by atoms with van der Waals surface area (Å²) < 4.78 is 16.4. The molecule has 1 heterocycles. The Balaban J connectivity index is 1.59. The largest absolute Gasteiger partial charge is 0.381 e. The van der Waals surface area contributed by atoms with E-state index in [4.69, 9.17) is 14.2 Å². The van der Waals surface area contributed by atoms with Gasteiger partial charge in [-0.1, -0.05) is 24.3 Å². The molecule has 0 amide bonds. The minimum absolute atomic E-state index is 0.619. The van der Waals surface area contributed by atoms with Crippen LogP contribution >= 0.6 is 0 Å². The lowest BCUT2D eigenvalue weighted by molar-refractivity contribution is 0.0203. The predicted molar refractivity (Wildman–Crippen MR) is 104 cm³/mol. The van der Waals surface area contributed by atoms with Crippen LogP contribution in [0.5, 0.6) is 0 Å². The molecular weight excluding hydrogens is 330 g/mol. The first-order valence-corrected chi connectivity index (χ1v) is 9.49. The van der Waals surface area contributed by atoms with Gasteiger partial charge in [0.05, 0.1) is 6.61 Å². The number of benzene rings is 1. The van der Waals surface area contributed by atoms with Crippen molar-refractivity contribution in [3.8, 4) is 0 Å². The van der Waals surface area contributed by atoms with Crippen molar-refractivity contribution >= 4 is 5.96 Å². The van der Waals surface area contributed by atoms with Gasteiger partial charge in [-0.15, -0.1) is 0 Å². The molecule has 2 rings (SSSR count). The van der Waals surface area contributed by atoms with Crippen LogP contribution in [0.1, 0.15) is 30.4 Å². The van der Waals surface area contributed by atoms with E-state index in [0.717, 1.165) is 64.7 Å². The molecule has 6 nitrogen and oxygen atoms in total. The number of nitrogens with one attached hydrogen (secondary N) is 2. The molecule has 0 aromatic heterocycles. The zero-order valence-corrected chi connectivity index (χ0v) is 16.1. The van der Waals surface area contributed by atoms with Crippen molar-refractivity contribution < 1.29 is 14.2 Å². The maximum Gasteiger partial charge on any atom is 0.191 e. The highest BCUT2D eigenvalue weighted by atomic mass is 16.5. The second-order valence-electron chi connectivity index (χ2n) is 6.54. The third kappa shape index (κ3) is 7.72. The van der Waals surface area contributed by atoms with Gasteiger partial charge in [0, 0.05) is 53.7 Å². The molecule has 0 radical (unpaired) electrons. The minimum Gasteiger partial charge on any atom is -0.381 e. The van der Waals surface area contributed by atoms with Gasteiger partial charge >= 0.3 is 0 Å². The van der Waals surface area contributed by atoms with Crippen molar-refractivity contribution in [2.75, 3.05) is 47.1 Å². The lowest BCUT2D eigenvalue weighted by Crippen LogP contribution is -2.37. The average Bonchev–Trinajstić information content (AvgIpc) is 2.69. The summed E-state index contributed by atoms with van der Waals surface area (Å²) in [5, 5.41) is 6.69. The molecule has 0 unspecified atom stereocenters. The van der Waals surface area contributed by atoms with Gasteiger partial charge in [-0.05, 0) is 36.3 Å². The summed E-state index contributed by atoms with van der Waals surface area (Å²) in [6, 6.07) is 8.28. The number of rotatable bonds is 10. The Kier molecular flexibility index (Phi) is 10.1. The van der Waals surface area contributed by atoms with Crippen molar-refractivity contribution in [2.24, 2.45) is 10.9 Å². The minimum atomic E-state index is 0.619. The highest BCUT2D eigenvalue weighted by Gasteiger charge is 2.13.